The number of amides is 2. The highest BCUT2D eigenvalue weighted by atomic mass is 16.5. The lowest BCUT2D eigenvalue weighted by Gasteiger charge is -2.29. The van der Waals surface area contributed by atoms with Gasteiger partial charge in [-0.05, 0) is 24.1 Å². The smallest absolute Gasteiger partial charge is 0.287 e. The number of nitrogens with one attached hydrogen (secondary N) is 2. The van der Waals surface area contributed by atoms with Crippen molar-refractivity contribution in [2.75, 3.05) is 6.61 Å². The molecule has 0 saturated heterocycles. The Morgan fingerprint density at radius 1 is 1.16 bits per heavy atom. The van der Waals surface area contributed by atoms with Gasteiger partial charge in [-0.2, -0.15) is 0 Å². The van der Waals surface area contributed by atoms with Crippen LogP contribution < -0.4 is 15.4 Å². The van der Waals surface area contributed by atoms with Crippen molar-refractivity contribution in [1.29, 1.82) is 0 Å². The molecule has 2 atom stereocenters. The maximum atomic E-state index is 12.8. The molecular weight excluding hydrogens is 320 g/mol. The Morgan fingerprint density at radius 2 is 1.96 bits per heavy atom. The monoisotopic (exact) mass is 342 g/mol. The van der Waals surface area contributed by atoms with E-state index in [1.165, 1.54) is 6.26 Å². The summed E-state index contributed by atoms with van der Waals surface area (Å²) >= 11 is 0. The number of rotatable bonds is 5. The van der Waals surface area contributed by atoms with Crippen LogP contribution in [0, 0.1) is 5.92 Å². The van der Waals surface area contributed by atoms with Crippen LogP contribution in [-0.4, -0.2) is 24.5 Å². The predicted molar refractivity (Wildman–Crippen MR) is 92.2 cm³/mol. The first-order chi connectivity index (χ1) is 12.1. The van der Waals surface area contributed by atoms with Gasteiger partial charge in [0.2, 0.25) is 5.91 Å². The molecule has 0 radical (unpaired) electrons. The number of para-hydroxylation sites is 1. The van der Waals surface area contributed by atoms with E-state index in [0.29, 0.717) is 13.0 Å². The molecule has 25 heavy (non-hydrogen) atoms. The summed E-state index contributed by atoms with van der Waals surface area (Å²) in [6, 6.07) is 10.1. The van der Waals surface area contributed by atoms with Gasteiger partial charge in [0.1, 0.15) is 11.8 Å². The van der Waals surface area contributed by atoms with Crippen molar-refractivity contribution >= 4 is 11.8 Å². The second-order valence-electron chi connectivity index (χ2n) is 6.41. The molecule has 2 aromatic rings. The molecule has 1 aromatic carbocycles. The predicted octanol–water partition coefficient (Wildman–Crippen LogP) is 2.67. The third kappa shape index (κ3) is 3.84. The van der Waals surface area contributed by atoms with Crippen LogP contribution in [0.3, 0.4) is 0 Å². The van der Waals surface area contributed by atoms with Gasteiger partial charge in [0.25, 0.3) is 5.91 Å². The maximum Gasteiger partial charge on any atom is 0.287 e. The summed E-state index contributed by atoms with van der Waals surface area (Å²) in [6.07, 6.45) is 2.12. The largest absolute Gasteiger partial charge is 0.493 e. The van der Waals surface area contributed by atoms with E-state index in [1.807, 2.05) is 38.1 Å². The fourth-order valence-electron chi connectivity index (χ4n) is 2.91. The van der Waals surface area contributed by atoms with Crippen LogP contribution in [0.1, 0.15) is 42.4 Å². The van der Waals surface area contributed by atoms with Crippen LogP contribution in [0.25, 0.3) is 0 Å². The molecule has 0 fully saturated rings. The van der Waals surface area contributed by atoms with E-state index in [9.17, 15) is 9.59 Å². The van der Waals surface area contributed by atoms with Crippen molar-refractivity contribution in [3.63, 3.8) is 0 Å². The molecule has 2 amide bonds. The van der Waals surface area contributed by atoms with Gasteiger partial charge in [-0.1, -0.05) is 32.0 Å². The Hall–Kier alpha value is -2.76. The number of benzene rings is 1. The number of ether oxygens (including phenoxy) is 1. The number of carbonyl (C=O) groups is 2. The van der Waals surface area contributed by atoms with E-state index in [-0.39, 0.29) is 23.6 Å². The van der Waals surface area contributed by atoms with Crippen molar-refractivity contribution in [2.24, 2.45) is 5.92 Å². The van der Waals surface area contributed by atoms with Crippen LogP contribution in [0.4, 0.5) is 0 Å². The molecule has 1 unspecified atom stereocenters. The molecular formula is C19H22N2O4. The Kier molecular flexibility index (Phi) is 5.07. The molecule has 1 aliphatic heterocycles. The van der Waals surface area contributed by atoms with Gasteiger partial charge >= 0.3 is 0 Å². The van der Waals surface area contributed by atoms with Crippen LogP contribution in [0.2, 0.25) is 0 Å². The first-order valence-electron chi connectivity index (χ1n) is 8.42. The molecule has 6 nitrogen and oxygen atoms in total. The summed E-state index contributed by atoms with van der Waals surface area (Å²) < 4.78 is 10.7. The highest BCUT2D eigenvalue weighted by Crippen LogP contribution is 2.31. The van der Waals surface area contributed by atoms with Gasteiger partial charge in [0.15, 0.2) is 5.76 Å². The van der Waals surface area contributed by atoms with Gasteiger partial charge in [-0.25, -0.2) is 0 Å². The van der Waals surface area contributed by atoms with E-state index < -0.39 is 11.9 Å². The molecule has 2 N–H and O–H groups in total. The first-order valence-corrected chi connectivity index (χ1v) is 8.42. The first kappa shape index (κ1) is 17.1. The third-order valence-corrected chi connectivity index (χ3v) is 4.26. The average molecular weight is 342 g/mol. The second-order valence-corrected chi connectivity index (χ2v) is 6.41. The van der Waals surface area contributed by atoms with Gasteiger partial charge in [-0.15, -0.1) is 0 Å². The lowest BCUT2D eigenvalue weighted by atomic mass is 9.98. The Balaban J connectivity index is 1.71. The minimum absolute atomic E-state index is 0.0611. The van der Waals surface area contributed by atoms with Crippen molar-refractivity contribution in [2.45, 2.75) is 32.4 Å². The molecule has 132 valence electrons. The van der Waals surface area contributed by atoms with E-state index in [0.717, 1.165) is 11.3 Å². The SMILES string of the molecule is CC(C)[C@H](NC(=O)c1ccco1)C(=O)NC1CCOc2ccccc21. The number of hydrogen-bond donors (Lipinski definition) is 2. The lowest BCUT2D eigenvalue weighted by molar-refractivity contribution is -0.124. The minimum Gasteiger partial charge on any atom is -0.493 e. The zero-order valence-corrected chi connectivity index (χ0v) is 14.3. The summed E-state index contributed by atoms with van der Waals surface area (Å²) in [4.78, 5) is 25.0. The summed E-state index contributed by atoms with van der Waals surface area (Å²) in [5.74, 6) is 0.312. The Bertz CT molecular complexity index is 740. The highest BCUT2D eigenvalue weighted by Gasteiger charge is 2.29. The molecule has 0 aliphatic carbocycles. The fraction of sp³-hybridized carbons (Fsp3) is 0.368. The number of fused-ring (bicyclic) bond motifs is 1. The lowest BCUT2D eigenvalue weighted by Crippen LogP contribution is -2.50. The van der Waals surface area contributed by atoms with Crippen molar-refractivity contribution in [3.8, 4) is 5.75 Å². The molecule has 0 saturated carbocycles. The molecule has 6 heteroatoms. The molecule has 3 rings (SSSR count). The van der Waals surface area contributed by atoms with Crippen molar-refractivity contribution < 1.29 is 18.7 Å². The summed E-state index contributed by atoms with van der Waals surface area (Å²) in [5, 5.41) is 5.80. The molecule has 1 aliphatic rings. The van der Waals surface area contributed by atoms with E-state index in [4.69, 9.17) is 9.15 Å². The quantitative estimate of drug-likeness (QED) is 0.875. The van der Waals surface area contributed by atoms with Gasteiger partial charge in [0, 0.05) is 12.0 Å². The van der Waals surface area contributed by atoms with Crippen LogP contribution in [-0.2, 0) is 4.79 Å². The normalized spacial score (nSPS) is 17.3. The van der Waals surface area contributed by atoms with E-state index >= 15 is 0 Å². The van der Waals surface area contributed by atoms with Crippen molar-refractivity contribution in [3.05, 3.63) is 54.0 Å². The number of hydrogen-bond acceptors (Lipinski definition) is 4. The molecule has 1 aromatic heterocycles. The standard InChI is InChI=1S/C19H22N2O4/c1-12(2)17(21-18(22)16-8-5-10-24-16)19(23)20-14-9-11-25-15-7-4-3-6-13(14)15/h3-8,10,12,14,17H,9,11H2,1-2H3,(H,20,23)(H,21,22)/t14?,17-/m0/s1. The molecule has 0 bridgehead atoms. The zero-order chi connectivity index (χ0) is 17.8. The van der Waals surface area contributed by atoms with Gasteiger partial charge in [0.05, 0.1) is 18.9 Å². The number of carbonyl (C=O) groups excluding carboxylic acids is 2. The van der Waals surface area contributed by atoms with E-state index in [2.05, 4.69) is 10.6 Å². The molecule has 2 heterocycles. The summed E-state index contributed by atoms with van der Waals surface area (Å²) in [6.45, 7) is 4.34. The Morgan fingerprint density at radius 3 is 2.68 bits per heavy atom. The third-order valence-electron chi connectivity index (χ3n) is 4.26. The summed E-state index contributed by atoms with van der Waals surface area (Å²) in [5.41, 5.74) is 0.960. The van der Waals surface area contributed by atoms with E-state index in [1.54, 1.807) is 12.1 Å². The minimum atomic E-state index is -0.646. The average Bonchev–Trinajstić information content (AvgIpc) is 3.14. The Labute approximate surface area is 146 Å². The topological polar surface area (TPSA) is 80.6 Å². The second kappa shape index (κ2) is 7.42. The van der Waals surface area contributed by atoms with Crippen LogP contribution in [0.5, 0.6) is 5.75 Å². The molecule has 0 spiro atoms. The zero-order valence-electron chi connectivity index (χ0n) is 14.3. The van der Waals surface area contributed by atoms with Crippen molar-refractivity contribution in [1.82, 2.24) is 10.6 Å². The number of furan rings is 1. The van der Waals surface area contributed by atoms with Gasteiger partial charge < -0.3 is 19.8 Å². The van der Waals surface area contributed by atoms with Crippen LogP contribution >= 0.6 is 0 Å². The van der Waals surface area contributed by atoms with Gasteiger partial charge in [-0.3, -0.25) is 9.59 Å². The van der Waals surface area contributed by atoms with Crippen LogP contribution in [0.15, 0.2) is 47.1 Å². The fourth-order valence-corrected chi connectivity index (χ4v) is 2.91. The maximum absolute atomic E-state index is 12.8. The summed E-state index contributed by atoms with van der Waals surface area (Å²) in [7, 11) is 0. The highest BCUT2D eigenvalue weighted by molar-refractivity contribution is 5.95.